The van der Waals surface area contributed by atoms with Crippen molar-refractivity contribution in [1.82, 2.24) is 9.78 Å². The van der Waals surface area contributed by atoms with Gasteiger partial charge in [0.25, 0.3) is 0 Å². The maximum absolute atomic E-state index is 8.52. The molecule has 5 heteroatoms. The van der Waals surface area contributed by atoms with Crippen LogP contribution < -0.4 is 0 Å². The number of aliphatic hydroxyl groups is 1. The van der Waals surface area contributed by atoms with Gasteiger partial charge in [0, 0.05) is 19.3 Å². The van der Waals surface area contributed by atoms with Gasteiger partial charge in [0.2, 0.25) is 0 Å². The molecule has 0 aromatic carbocycles. The quantitative estimate of drug-likeness (QED) is 0.871. The van der Waals surface area contributed by atoms with Crippen LogP contribution in [0, 0.1) is 0 Å². The van der Waals surface area contributed by atoms with Crippen LogP contribution in [0.1, 0.15) is 6.42 Å². The Balaban J connectivity index is 2.58. The standard InChI is InChI=1S/C6H8BrClN2O/c7-5-4-10(2-1-3-11)9-6(5)8/h4,11H,1-3H2. The van der Waals surface area contributed by atoms with E-state index in [0.29, 0.717) is 18.1 Å². The Bertz CT molecular complexity index is 219. The Morgan fingerprint density at radius 2 is 2.45 bits per heavy atom. The van der Waals surface area contributed by atoms with Gasteiger partial charge in [-0.2, -0.15) is 5.10 Å². The van der Waals surface area contributed by atoms with E-state index in [9.17, 15) is 0 Å². The zero-order chi connectivity index (χ0) is 8.27. The molecule has 0 saturated carbocycles. The normalized spacial score (nSPS) is 10.5. The van der Waals surface area contributed by atoms with Crippen molar-refractivity contribution in [2.24, 2.45) is 0 Å². The first-order valence-corrected chi connectivity index (χ1v) is 4.40. The van der Waals surface area contributed by atoms with Gasteiger partial charge in [0.05, 0.1) is 4.47 Å². The van der Waals surface area contributed by atoms with Gasteiger partial charge in [0.1, 0.15) is 0 Å². The van der Waals surface area contributed by atoms with Gasteiger partial charge in [0.15, 0.2) is 5.15 Å². The molecule has 0 aliphatic heterocycles. The van der Waals surface area contributed by atoms with Gasteiger partial charge < -0.3 is 5.11 Å². The summed E-state index contributed by atoms with van der Waals surface area (Å²) in [5, 5.41) is 13.0. The fourth-order valence-corrected chi connectivity index (χ4v) is 1.18. The third-order valence-electron chi connectivity index (χ3n) is 1.22. The summed E-state index contributed by atoms with van der Waals surface area (Å²) in [6.45, 7) is 0.872. The van der Waals surface area contributed by atoms with Gasteiger partial charge >= 0.3 is 0 Å². The molecular weight excluding hydrogens is 231 g/mol. The maximum Gasteiger partial charge on any atom is 0.165 e. The lowest BCUT2D eigenvalue weighted by atomic mass is 10.5. The van der Waals surface area contributed by atoms with Crippen molar-refractivity contribution in [3.8, 4) is 0 Å². The highest BCUT2D eigenvalue weighted by molar-refractivity contribution is 9.10. The lowest BCUT2D eigenvalue weighted by molar-refractivity contribution is 0.277. The Morgan fingerprint density at radius 1 is 1.73 bits per heavy atom. The number of nitrogens with zero attached hydrogens (tertiary/aromatic N) is 2. The molecule has 1 aromatic rings. The fraction of sp³-hybridized carbons (Fsp3) is 0.500. The largest absolute Gasteiger partial charge is 0.396 e. The third kappa shape index (κ3) is 2.47. The molecule has 0 saturated heterocycles. The number of aryl methyl sites for hydroxylation is 1. The first kappa shape index (κ1) is 9.03. The van der Waals surface area contributed by atoms with E-state index in [4.69, 9.17) is 16.7 Å². The van der Waals surface area contributed by atoms with Crippen LogP contribution in [0.3, 0.4) is 0 Å². The lowest BCUT2D eigenvalue weighted by Gasteiger charge is -1.95. The van der Waals surface area contributed by atoms with Crippen LogP contribution in [0.4, 0.5) is 0 Å². The molecule has 0 radical (unpaired) electrons. The second kappa shape index (κ2) is 4.09. The van der Waals surface area contributed by atoms with Crippen molar-refractivity contribution in [3.63, 3.8) is 0 Å². The average molecular weight is 240 g/mol. The minimum atomic E-state index is 0.176. The molecule has 62 valence electrons. The molecule has 0 aliphatic rings. The molecule has 0 atom stereocenters. The minimum absolute atomic E-state index is 0.176. The van der Waals surface area contributed by atoms with Crippen LogP contribution in [-0.2, 0) is 6.54 Å². The smallest absolute Gasteiger partial charge is 0.165 e. The summed E-state index contributed by atoms with van der Waals surface area (Å²) in [4.78, 5) is 0. The number of hydrogen-bond acceptors (Lipinski definition) is 2. The summed E-state index contributed by atoms with van der Waals surface area (Å²) in [7, 11) is 0. The topological polar surface area (TPSA) is 38.0 Å². The summed E-state index contributed by atoms with van der Waals surface area (Å²) in [6.07, 6.45) is 2.49. The predicted octanol–water partition coefficient (Wildman–Crippen LogP) is 1.68. The molecule has 0 spiro atoms. The number of aromatic nitrogens is 2. The highest BCUT2D eigenvalue weighted by atomic mass is 79.9. The van der Waals surface area contributed by atoms with E-state index in [2.05, 4.69) is 21.0 Å². The molecule has 1 rings (SSSR count). The second-order valence-corrected chi connectivity index (χ2v) is 3.32. The van der Waals surface area contributed by atoms with Crippen LogP contribution in [0.15, 0.2) is 10.7 Å². The summed E-state index contributed by atoms with van der Waals surface area (Å²) in [6, 6.07) is 0. The third-order valence-corrected chi connectivity index (χ3v) is 2.31. The molecule has 0 bridgehead atoms. The van der Waals surface area contributed by atoms with Gasteiger partial charge in [-0.1, -0.05) is 11.6 Å². The van der Waals surface area contributed by atoms with Gasteiger partial charge in [-0.3, -0.25) is 4.68 Å². The van der Waals surface area contributed by atoms with Crippen LogP contribution in [0.5, 0.6) is 0 Å². The number of rotatable bonds is 3. The van der Waals surface area contributed by atoms with Crippen molar-refractivity contribution in [3.05, 3.63) is 15.8 Å². The Labute approximate surface area is 78.1 Å². The van der Waals surface area contributed by atoms with Crippen LogP contribution in [0.25, 0.3) is 0 Å². The Kier molecular flexibility index (Phi) is 3.36. The molecule has 0 amide bonds. The number of hydrogen-bond donors (Lipinski definition) is 1. The highest BCUT2D eigenvalue weighted by Crippen LogP contribution is 2.19. The molecule has 0 aliphatic carbocycles. The molecule has 0 fully saturated rings. The monoisotopic (exact) mass is 238 g/mol. The van der Waals surface area contributed by atoms with Crippen LogP contribution in [0.2, 0.25) is 5.15 Å². The van der Waals surface area contributed by atoms with Gasteiger partial charge in [-0.05, 0) is 22.4 Å². The summed E-state index contributed by atoms with van der Waals surface area (Å²) < 4.78 is 2.49. The van der Waals surface area contributed by atoms with Crippen LogP contribution in [-0.4, -0.2) is 21.5 Å². The zero-order valence-corrected chi connectivity index (χ0v) is 8.14. The first-order valence-electron chi connectivity index (χ1n) is 3.23. The fourth-order valence-electron chi connectivity index (χ4n) is 0.721. The van der Waals surface area contributed by atoms with E-state index in [1.54, 1.807) is 10.9 Å². The molecule has 0 unspecified atom stereocenters. The molecule has 1 heterocycles. The summed E-state index contributed by atoms with van der Waals surface area (Å²) in [5.41, 5.74) is 0. The van der Waals surface area contributed by atoms with Crippen molar-refractivity contribution in [2.45, 2.75) is 13.0 Å². The van der Waals surface area contributed by atoms with E-state index >= 15 is 0 Å². The highest BCUT2D eigenvalue weighted by Gasteiger charge is 2.01. The molecule has 3 nitrogen and oxygen atoms in total. The van der Waals surface area contributed by atoms with E-state index in [1.807, 2.05) is 0 Å². The van der Waals surface area contributed by atoms with E-state index in [0.717, 1.165) is 4.47 Å². The number of halogens is 2. The van der Waals surface area contributed by atoms with Crippen LogP contribution >= 0.6 is 27.5 Å². The first-order chi connectivity index (χ1) is 5.24. The van der Waals surface area contributed by atoms with Crippen molar-refractivity contribution in [1.29, 1.82) is 0 Å². The number of aliphatic hydroxyl groups excluding tert-OH is 1. The minimum Gasteiger partial charge on any atom is -0.396 e. The summed E-state index contributed by atoms with van der Waals surface area (Å²) in [5.74, 6) is 0. The van der Waals surface area contributed by atoms with E-state index in [1.165, 1.54) is 0 Å². The Morgan fingerprint density at radius 3 is 2.91 bits per heavy atom. The van der Waals surface area contributed by atoms with Gasteiger partial charge in [-0.15, -0.1) is 0 Å². The molecule has 11 heavy (non-hydrogen) atoms. The Hall–Kier alpha value is -0.0600. The van der Waals surface area contributed by atoms with Crippen molar-refractivity contribution < 1.29 is 5.11 Å². The maximum atomic E-state index is 8.52. The van der Waals surface area contributed by atoms with E-state index in [-0.39, 0.29) is 6.61 Å². The molecular formula is C6H8BrClN2O. The predicted molar refractivity (Wildman–Crippen MR) is 46.6 cm³/mol. The summed E-state index contributed by atoms with van der Waals surface area (Å²) >= 11 is 8.90. The average Bonchev–Trinajstić information content (AvgIpc) is 2.28. The van der Waals surface area contributed by atoms with E-state index < -0.39 is 0 Å². The van der Waals surface area contributed by atoms with Gasteiger partial charge in [-0.25, -0.2) is 0 Å². The SMILES string of the molecule is OCCCn1cc(Br)c(Cl)n1. The molecule has 1 N–H and O–H groups in total. The lowest BCUT2D eigenvalue weighted by Crippen LogP contribution is -1.99. The van der Waals surface area contributed by atoms with Crippen molar-refractivity contribution >= 4 is 27.5 Å². The second-order valence-electron chi connectivity index (χ2n) is 2.11. The molecule has 1 aromatic heterocycles. The zero-order valence-electron chi connectivity index (χ0n) is 5.80. The van der Waals surface area contributed by atoms with Crippen molar-refractivity contribution in [2.75, 3.05) is 6.61 Å².